The maximum absolute atomic E-state index is 12.7. The topological polar surface area (TPSA) is 81.9 Å². The van der Waals surface area contributed by atoms with Crippen molar-refractivity contribution in [3.63, 3.8) is 0 Å². The van der Waals surface area contributed by atoms with Gasteiger partial charge in [0.25, 0.3) is 5.91 Å². The van der Waals surface area contributed by atoms with Crippen LogP contribution in [0.25, 0.3) is 5.69 Å². The molecule has 0 saturated carbocycles. The van der Waals surface area contributed by atoms with Crippen LogP contribution in [0.5, 0.6) is 11.5 Å². The van der Waals surface area contributed by atoms with Crippen LogP contribution < -0.4 is 14.9 Å². The van der Waals surface area contributed by atoms with Gasteiger partial charge in [0.15, 0.2) is 0 Å². The van der Waals surface area contributed by atoms with E-state index in [9.17, 15) is 9.59 Å². The molecule has 1 aromatic heterocycles. The summed E-state index contributed by atoms with van der Waals surface area (Å²) in [5, 5.41) is 4.21. The highest BCUT2D eigenvalue weighted by atomic mass is 16.5. The number of hydrogen-bond donors (Lipinski definition) is 1. The molecule has 1 heterocycles. The fourth-order valence-electron chi connectivity index (χ4n) is 3.37. The Kier molecular flexibility index (Phi) is 6.84. The van der Waals surface area contributed by atoms with Crippen LogP contribution in [-0.4, -0.2) is 29.3 Å². The van der Waals surface area contributed by atoms with Crippen molar-refractivity contribution in [2.75, 3.05) is 7.11 Å². The molecule has 0 spiro atoms. The number of nitrogens with zero attached hydrogens (tertiary/aromatic N) is 2. The number of carbonyl (C=O) groups excluding carboxylic acids is 2. The Bertz CT molecular complexity index is 1330. The lowest BCUT2D eigenvalue weighted by atomic mass is 10.1. The second-order valence-electron chi connectivity index (χ2n) is 7.36. The number of amides is 1. The second-order valence-corrected chi connectivity index (χ2v) is 7.36. The zero-order valence-corrected chi connectivity index (χ0v) is 18.8. The number of rotatable bonds is 7. The molecule has 0 atom stereocenters. The molecule has 1 N–H and O–H groups in total. The standard InChI is InChI=1S/C27H23N3O4/c1-19(28-29-26(31)20-13-15-21(16-14-20)30-17-7-8-18-30)22-9-3-6-12-25(22)34-27(32)23-10-4-5-11-24(23)33-2/h3-18H,1-2H3,(H,29,31)/b28-19+. The van der Waals surface area contributed by atoms with Crippen molar-refractivity contribution in [3.8, 4) is 17.2 Å². The first-order valence-electron chi connectivity index (χ1n) is 10.6. The Morgan fingerprint density at radius 1 is 0.794 bits per heavy atom. The Morgan fingerprint density at radius 2 is 1.41 bits per heavy atom. The molecule has 3 aromatic carbocycles. The summed E-state index contributed by atoms with van der Waals surface area (Å²) in [6, 6.07) is 24.9. The first kappa shape index (κ1) is 22.5. The summed E-state index contributed by atoms with van der Waals surface area (Å²) < 4.78 is 12.8. The molecule has 4 aromatic rings. The maximum Gasteiger partial charge on any atom is 0.347 e. The largest absolute Gasteiger partial charge is 0.496 e. The summed E-state index contributed by atoms with van der Waals surface area (Å²) in [6.45, 7) is 1.73. The van der Waals surface area contributed by atoms with E-state index in [0.717, 1.165) is 5.69 Å². The molecule has 0 bridgehead atoms. The number of ether oxygens (including phenoxy) is 2. The summed E-state index contributed by atoms with van der Waals surface area (Å²) in [6.07, 6.45) is 3.86. The van der Waals surface area contributed by atoms with E-state index in [0.29, 0.717) is 33.9 Å². The first-order chi connectivity index (χ1) is 16.6. The van der Waals surface area contributed by atoms with Crippen molar-refractivity contribution < 1.29 is 19.1 Å². The van der Waals surface area contributed by atoms with Gasteiger partial charge in [-0.05, 0) is 67.6 Å². The molecule has 0 aliphatic rings. The van der Waals surface area contributed by atoms with Crippen LogP contribution in [0.2, 0.25) is 0 Å². The lowest BCUT2D eigenvalue weighted by molar-refractivity contribution is 0.0730. The molecular formula is C27H23N3O4. The number of aromatic nitrogens is 1. The summed E-state index contributed by atoms with van der Waals surface area (Å²) in [4.78, 5) is 25.3. The predicted octanol–water partition coefficient (Wildman–Crippen LogP) is 4.86. The van der Waals surface area contributed by atoms with E-state index in [1.807, 2.05) is 41.2 Å². The number of para-hydroxylation sites is 2. The van der Waals surface area contributed by atoms with Crippen LogP contribution in [0.1, 0.15) is 33.2 Å². The quantitative estimate of drug-likeness (QED) is 0.188. The number of methoxy groups -OCH3 is 1. The normalized spacial score (nSPS) is 11.1. The van der Waals surface area contributed by atoms with Crippen LogP contribution in [0.15, 0.2) is 102 Å². The molecule has 34 heavy (non-hydrogen) atoms. The van der Waals surface area contributed by atoms with E-state index in [1.54, 1.807) is 67.6 Å². The molecule has 7 heteroatoms. The fourth-order valence-corrected chi connectivity index (χ4v) is 3.37. The zero-order chi connectivity index (χ0) is 23.9. The van der Waals surface area contributed by atoms with Crippen LogP contribution in [0.4, 0.5) is 0 Å². The number of benzene rings is 3. The highest BCUT2D eigenvalue weighted by Crippen LogP contribution is 2.23. The molecule has 170 valence electrons. The average Bonchev–Trinajstić information content (AvgIpc) is 3.42. The monoisotopic (exact) mass is 453 g/mol. The van der Waals surface area contributed by atoms with Crippen molar-refractivity contribution >= 4 is 17.6 Å². The number of carbonyl (C=O) groups is 2. The first-order valence-corrected chi connectivity index (χ1v) is 10.6. The zero-order valence-electron chi connectivity index (χ0n) is 18.8. The molecule has 4 rings (SSSR count). The molecule has 0 aliphatic carbocycles. The molecule has 0 radical (unpaired) electrons. The smallest absolute Gasteiger partial charge is 0.347 e. The van der Waals surface area contributed by atoms with Crippen molar-refractivity contribution in [2.24, 2.45) is 5.10 Å². The van der Waals surface area contributed by atoms with Crippen molar-refractivity contribution in [1.82, 2.24) is 9.99 Å². The van der Waals surface area contributed by atoms with Crippen LogP contribution in [-0.2, 0) is 0 Å². The van der Waals surface area contributed by atoms with Crippen molar-refractivity contribution in [1.29, 1.82) is 0 Å². The van der Waals surface area contributed by atoms with E-state index in [1.165, 1.54) is 7.11 Å². The summed E-state index contributed by atoms with van der Waals surface area (Å²) in [7, 11) is 1.49. The van der Waals surface area contributed by atoms with Gasteiger partial charge in [-0.1, -0.05) is 24.3 Å². The molecule has 0 saturated heterocycles. The second kappa shape index (κ2) is 10.3. The van der Waals surface area contributed by atoms with E-state index in [-0.39, 0.29) is 5.91 Å². The van der Waals surface area contributed by atoms with Gasteiger partial charge in [-0.2, -0.15) is 5.10 Å². The summed E-state index contributed by atoms with van der Waals surface area (Å²) in [5.41, 5.74) is 5.37. The number of hydrogen-bond acceptors (Lipinski definition) is 5. The Balaban J connectivity index is 1.48. The Labute approximate surface area is 197 Å². The van der Waals surface area contributed by atoms with Gasteiger partial charge in [-0.25, -0.2) is 10.2 Å². The van der Waals surface area contributed by atoms with Gasteiger partial charge in [0.2, 0.25) is 0 Å². The van der Waals surface area contributed by atoms with Crippen LogP contribution in [0.3, 0.4) is 0 Å². The molecule has 0 unspecified atom stereocenters. The van der Waals surface area contributed by atoms with Gasteiger partial charge in [0.05, 0.1) is 12.8 Å². The number of hydrazone groups is 1. The minimum atomic E-state index is -0.551. The van der Waals surface area contributed by atoms with E-state index >= 15 is 0 Å². The van der Waals surface area contributed by atoms with Crippen LogP contribution >= 0.6 is 0 Å². The third kappa shape index (κ3) is 5.05. The van der Waals surface area contributed by atoms with Crippen molar-refractivity contribution in [2.45, 2.75) is 6.92 Å². The number of esters is 1. The highest BCUT2D eigenvalue weighted by Gasteiger charge is 2.17. The van der Waals surface area contributed by atoms with Gasteiger partial charge >= 0.3 is 5.97 Å². The van der Waals surface area contributed by atoms with E-state index < -0.39 is 5.97 Å². The summed E-state index contributed by atoms with van der Waals surface area (Å²) >= 11 is 0. The predicted molar refractivity (Wildman–Crippen MR) is 130 cm³/mol. The van der Waals surface area contributed by atoms with Gasteiger partial charge in [0.1, 0.15) is 17.1 Å². The Hall–Kier alpha value is -4.65. The molecule has 0 fully saturated rings. The molecule has 1 amide bonds. The SMILES string of the molecule is COc1ccccc1C(=O)Oc1ccccc1/C(C)=N/NC(=O)c1ccc(-n2cccc2)cc1. The average molecular weight is 453 g/mol. The number of nitrogens with one attached hydrogen (secondary N) is 1. The molecular weight excluding hydrogens is 430 g/mol. The third-order valence-electron chi connectivity index (χ3n) is 5.16. The minimum Gasteiger partial charge on any atom is -0.496 e. The van der Waals surface area contributed by atoms with Gasteiger partial charge in [-0.15, -0.1) is 0 Å². The van der Waals surface area contributed by atoms with E-state index in [2.05, 4.69) is 10.5 Å². The minimum absolute atomic E-state index is 0.311. The van der Waals surface area contributed by atoms with Crippen molar-refractivity contribution in [3.05, 3.63) is 114 Å². The maximum atomic E-state index is 12.7. The lowest BCUT2D eigenvalue weighted by Gasteiger charge is -2.12. The van der Waals surface area contributed by atoms with Gasteiger partial charge in [-0.3, -0.25) is 4.79 Å². The highest BCUT2D eigenvalue weighted by molar-refractivity contribution is 6.04. The third-order valence-corrected chi connectivity index (χ3v) is 5.16. The fraction of sp³-hybridized carbons (Fsp3) is 0.0741. The van der Waals surface area contributed by atoms with Gasteiger partial charge < -0.3 is 14.0 Å². The molecule has 7 nitrogen and oxygen atoms in total. The van der Waals surface area contributed by atoms with E-state index in [4.69, 9.17) is 9.47 Å². The molecule has 0 aliphatic heterocycles. The van der Waals surface area contributed by atoms with Crippen LogP contribution in [0, 0.1) is 0 Å². The lowest BCUT2D eigenvalue weighted by Crippen LogP contribution is -2.20. The Morgan fingerprint density at radius 3 is 2.09 bits per heavy atom. The van der Waals surface area contributed by atoms with Gasteiger partial charge in [0, 0.05) is 29.2 Å². The summed E-state index contributed by atoms with van der Waals surface area (Å²) in [5.74, 6) is -0.151.